The summed E-state index contributed by atoms with van der Waals surface area (Å²) in [6, 6.07) is 0. The van der Waals surface area contributed by atoms with Crippen LogP contribution < -0.4 is 0 Å². The summed E-state index contributed by atoms with van der Waals surface area (Å²) < 4.78 is 5.08. The first-order valence-corrected chi connectivity index (χ1v) is 7.47. The Morgan fingerprint density at radius 3 is 2.25 bits per heavy atom. The van der Waals surface area contributed by atoms with Crippen molar-refractivity contribution in [2.24, 2.45) is 11.3 Å². The number of esters is 1. The summed E-state index contributed by atoms with van der Waals surface area (Å²) in [5, 5.41) is 28.0. The fourth-order valence-corrected chi connectivity index (χ4v) is 1.80. The topological polar surface area (TPSA) is 87.0 Å². The summed E-state index contributed by atoms with van der Waals surface area (Å²) in [6.45, 7) is 4.95. The maximum Gasteiger partial charge on any atom is 0.314 e. The molecular formula is C15H30O5. The van der Waals surface area contributed by atoms with Crippen LogP contribution >= 0.6 is 0 Å². The average molecular weight is 290 g/mol. The van der Waals surface area contributed by atoms with E-state index in [2.05, 4.69) is 6.92 Å². The molecular weight excluding hydrogens is 260 g/mol. The largest absolute Gasteiger partial charge is 0.465 e. The van der Waals surface area contributed by atoms with Crippen molar-refractivity contribution in [3.05, 3.63) is 0 Å². The number of aliphatic hydroxyl groups is 3. The highest BCUT2D eigenvalue weighted by molar-refractivity contribution is 5.76. The summed E-state index contributed by atoms with van der Waals surface area (Å²) in [4.78, 5) is 12.0. The van der Waals surface area contributed by atoms with Gasteiger partial charge in [-0.15, -0.1) is 0 Å². The predicted octanol–water partition coefficient (Wildman–Crippen LogP) is 1.49. The molecule has 0 bridgehead atoms. The van der Waals surface area contributed by atoms with Crippen molar-refractivity contribution in [3.63, 3.8) is 0 Å². The van der Waals surface area contributed by atoms with E-state index in [1.54, 1.807) is 13.8 Å². The van der Waals surface area contributed by atoms with Gasteiger partial charge in [-0.1, -0.05) is 32.6 Å². The van der Waals surface area contributed by atoms with Crippen LogP contribution in [0, 0.1) is 11.3 Å². The summed E-state index contributed by atoms with van der Waals surface area (Å²) in [5.74, 6) is -0.955. The highest BCUT2D eigenvalue weighted by atomic mass is 16.5. The Morgan fingerprint density at radius 2 is 1.75 bits per heavy atom. The molecule has 3 N–H and O–H groups in total. The van der Waals surface area contributed by atoms with Crippen molar-refractivity contribution < 1.29 is 24.9 Å². The van der Waals surface area contributed by atoms with E-state index in [0.29, 0.717) is 6.42 Å². The average Bonchev–Trinajstić information content (AvgIpc) is 2.44. The van der Waals surface area contributed by atoms with Crippen molar-refractivity contribution in [3.8, 4) is 0 Å². The molecule has 0 spiro atoms. The molecule has 0 amide bonds. The van der Waals surface area contributed by atoms with Crippen LogP contribution in [-0.4, -0.2) is 47.2 Å². The van der Waals surface area contributed by atoms with Gasteiger partial charge >= 0.3 is 5.97 Å². The number of ether oxygens (including phenoxy) is 1. The van der Waals surface area contributed by atoms with Gasteiger partial charge in [0.2, 0.25) is 0 Å². The van der Waals surface area contributed by atoms with Crippen LogP contribution in [0.1, 0.15) is 52.9 Å². The van der Waals surface area contributed by atoms with E-state index in [1.807, 2.05) is 0 Å². The van der Waals surface area contributed by atoms with Crippen molar-refractivity contribution in [2.45, 2.75) is 59.0 Å². The first kappa shape index (κ1) is 19.4. The van der Waals surface area contributed by atoms with Gasteiger partial charge in [0.15, 0.2) is 0 Å². The van der Waals surface area contributed by atoms with Crippen molar-refractivity contribution >= 4 is 5.97 Å². The summed E-state index contributed by atoms with van der Waals surface area (Å²) in [7, 11) is 0. The van der Waals surface area contributed by atoms with Gasteiger partial charge in [-0.3, -0.25) is 4.79 Å². The fraction of sp³-hybridized carbons (Fsp3) is 0.933. The molecule has 0 saturated heterocycles. The second-order valence-electron chi connectivity index (χ2n) is 5.92. The van der Waals surface area contributed by atoms with E-state index in [-0.39, 0.29) is 19.8 Å². The molecule has 0 radical (unpaired) electrons. The Hall–Kier alpha value is -0.650. The molecule has 1 unspecified atom stereocenters. The predicted molar refractivity (Wildman–Crippen MR) is 77.2 cm³/mol. The lowest BCUT2D eigenvalue weighted by atomic mass is 9.84. The zero-order chi connectivity index (χ0) is 15.6. The third-order valence-electron chi connectivity index (χ3n) is 3.66. The van der Waals surface area contributed by atoms with Gasteiger partial charge in [-0.25, -0.2) is 0 Å². The van der Waals surface area contributed by atoms with Gasteiger partial charge in [-0.05, 0) is 20.3 Å². The molecule has 0 aliphatic rings. The normalized spacial score (nSPS) is 13.6. The molecule has 0 rings (SSSR count). The summed E-state index contributed by atoms with van der Waals surface area (Å²) in [6.07, 6.45) is 4.04. The van der Waals surface area contributed by atoms with Crippen LogP contribution in [0.25, 0.3) is 0 Å². The van der Waals surface area contributed by atoms with Crippen LogP contribution in [0.15, 0.2) is 0 Å². The molecule has 0 aromatic carbocycles. The Kier molecular flexibility index (Phi) is 9.80. The maximum absolute atomic E-state index is 12.0. The third-order valence-corrected chi connectivity index (χ3v) is 3.66. The SMILES string of the molecule is CCCCCCC(O)C(C)(C)C(=O)OCC(CO)CO. The lowest BCUT2D eigenvalue weighted by Gasteiger charge is -2.29. The van der Waals surface area contributed by atoms with Crippen LogP contribution in [0.3, 0.4) is 0 Å². The second kappa shape index (κ2) is 10.1. The molecule has 5 nitrogen and oxygen atoms in total. The smallest absolute Gasteiger partial charge is 0.314 e. The summed E-state index contributed by atoms with van der Waals surface area (Å²) >= 11 is 0. The zero-order valence-electron chi connectivity index (χ0n) is 13.0. The number of hydrogen-bond donors (Lipinski definition) is 3. The highest BCUT2D eigenvalue weighted by Gasteiger charge is 2.37. The lowest BCUT2D eigenvalue weighted by Crippen LogP contribution is -2.39. The molecule has 5 heteroatoms. The van der Waals surface area contributed by atoms with Gasteiger partial charge in [-0.2, -0.15) is 0 Å². The number of unbranched alkanes of at least 4 members (excludes halogenated alkanes) is 3. The van der Waals surface area contributed by atoms with Crippen molar-refractivity contribution in [2.75, 3.05) is 19.8 Å². The van der Waals surface area contributed by atoms with E-state index in [9.17, 15) is 9.90 Å². The maximum atomic E-state index is 12.0. The van der Waals surface area contributed by atoms with Crippen LogP contribution in [-0.2, 0) is 9.53 Å². The highest BCUT2D eigenvalue weighted by Crippen LogP contribution is 2.26. The second-order valence-corrected chi connectivity index (χ2v) is 5.92. The molecule has 120 valence electrons. The Labute approximate surface area is 122 Å². The molecule has 0 fully saturated rings. The van der Waals surface area contributed by atoms with Gasteiger partial charge in [0, 0.05) is 5.92 Å². The fourth-order valence-electron chi connectivity index (χ4n) is 1.80. The third kappa shape index (κ3) is 6.68. The van der Waals surface area contributed by atoms with Crippen LogP contribution in [0.2, 0.25) is 0 Å². The number of rotatable bonds is 11. The number of hydrogen-bond acceptors (Lipinski definition) is 5. The Morgan fingerprint density at radius 1 is 1.15 bits per heavy atom. The number of carbonyl (C=O) groups is 1. The minimum atomic E-state index is -0.971. The van der Waals surface area contributed by atoms with E-state index in [0.717, 1.165) is 25.7 Å². The number of carbonyl (C=O) groups excluding carboxylic acids is 1. The molecule has 0 aromatic heterocycles. The monoisotopic (exact) mass is 290 g/mol. The minimum Gasteiger partial charge on any atom is -0.465 e. The van der Waals surface area contributed by atoms with E-state index >= 15 is 0 Å². The standard InChI is InChI=1S/C15H30O5/c1-4-5-6-7-8-13(18)15(2,3)14(19)20-11-12(9-16)10-17/h12-13,16-18H,4-11H2,1-3H3. The van der Waals surface area contributed by atoms with Gasteiger partial charge in [0.05, 0.1) is 31.3 Å². The zero-order valence-corrected chi connectivity index (χ0v) is 13.0. The molecule has 0 aromatic rings. The molecule has 0 aliphatic heterocycles. The van der Waals surface area contributed by atoms with Crippen molar-refractivity contribution in [1.82, 2.24) is 0 Å². The lowest BCUT2D eigenvalue weighted by molar-refractivity contribution is -0.163. The summed E-state index contributed by atoms with van der Waals surface area (Å²) in [5.41, 5.74) is -0.971. The van der Waals surface area contributed by atoms with E-state index < -0.39 is 23.4 Å². The Balaban J connectivity index is 4.20. The minimum absolute atomic E-state index is 0.0299. The first-order valence-electron chi connectivity index (χ1n) is 7.47. The molecule has 20 heavy (non-hydrogen) atoms. The van der Waals surface area contributed by atoms with E-state index in [4.69, 9.17) is 14.9 Å². The van der Waals surface area contributed by atoms with Crippen molar-refractivity contribution in [1.29, 1.82) is 0 Å². The molecule has 0 saturated carbocycles. The quantitative estimate of drug-likeness (QED) is 0.396. The van der Waals surface area contributed by atoms with E-state index in [1.165, 1.54) is 0 Å². The van der Waals surface area contributed by atoms with Crippen LogP contribution in [0.4, 0.5) is 0 Å². The first-order chi connectivity index (χ1) is 9.39. The molecule has 1 atom stereocenters. The number of aliphatic hydroxyl groups excluding tert-OH is 3. The Bertz CT molecular complexity index is 261. The molecule has 0 aliphatic carbocycles. The van der Waals surface area contributed by atoms with Gasteiger partial charge in [0.1, 0.15) is 0 Å². The van der Waals surface area contributed by atoms with Crippen LogP contribution in [0.5, 0.6) is 0 Å². The van der Waals surface area contributed by atoms with Gasteiger partial charge in [0.25, 0.3) is 0 Å². The molecule has 0 heterocycles. The van der Waals surface area contributed by atoms with Gasteiger partial charge < -0.3 is 20.1 Å².